The van der Waals surface area contributed by atoms with Gasteiger partial charge in [0.05, 0.1) is 12.7 Å². The molecule has 1 aliphatic heterocycles. The lowest BCUT2D eigenvalue weighted by atomic mass is 9.79. The number of rotatable bonds is 0. The summed E-state index contributed by atoms with van der Waals surface area (Å²) in [6, 6.07) is 0. The van der Waals surface area contributed by atoms with Gasteiger partial charge in [-0.05, 0) is 49.9 Å². The zero-order valence-corrected chi connectivity index (χ0v) is 7.12. The van der Waals surface area contributed by atoms with E-state index in [1.165, 1.54) is 19.3 Å². The lowest BCUT2D eigenvalue weighted by molar-refractivity contribution is 0.0893. The summed E-state index contributed by atoms with van der Waals surface area (Å²) in [6.45, 7) is 3.35. The fourth-order valence-corrected chi connectivity index (χ4v) is 3.81. The van der Waals surface area contributed by atoms with Crippen molar-refractivity contribution in [2.75, 3.05) is 6.61 Å². The molecule has 2 aliphatic carbocycles. The molecule has 3 aliphatic rings. The third-order valence-electron chi connectivity index (χ3n) is 4.25. The molecule has 11 heavy (non-hydrogen) atoms. The fourth-order valence-electron chi connectivity index (χ4n) is 3.81. The predicted octanol–water partition coefficient (Wildman–Crippen LogP) is 2.07. The monoisotopic (exact) mass is 152 g/mol. The van der Waals surface area contributed by atoms with Gasteiger partial charge in [0, 0.05) is 0 Å². The molecule has 2 bridgehead atoms. The topological polar surface area (TPSA) is 9.23 Å². The number of hydrogen-bond donors (Lipinski definition) is 0. The van der Waals surface area contributed by atoms with E-state index >= 15 is 0 Å². The third kappa shape index (κ3) is 0.703. The van der Waals surface area contributed by atoms with Crippen LogP contribution in [0.1, 0.15) is 26.2 Å². The van der Waals surface area contributed by atoms with Crippen molar-refractivity contribution < 1.29 is 4.74 Å². The molecule has 1 heteroatoms. The van der Waals surface area contributed by atoms with E-state index in [9.17, 15) is 0 Å². The molecule has 0 spiro atoms. The molecule has 1 saturated heterocycles. The zero-order valence-electron chi connectivity index (χ0n) is 7.12. The maximum atomic E-state index is 5.70. The van der Waals surface area contributed by atoms with Gasteiger partial charge in [-0.15, -0.1) is 0 Å². The van der Waals surface area contributed by atoms with Crippen molar-refractivity contribution in [2.24, 2.45) is 23.7 Å². The number of fused-ring (bicyclic) bond motifs is 5. The minimum absolute atomic E-state index is 0.579. The Labute approximate surface area is 68.1 Å². The second kappa shape index (κ2) is 2.01. The highest BCUT2D eigenvalue weighted by molar-refractivity contribution is 5.01. The molecule has 0 unspecified atom stereocenters. The summed E-state index contributed by atoms with van der Waals surface area (Å²) in [7, 11) is 0. The first-order chi connectivity index (χ1) is 5.36. The van der Waals surface area contributed by atoms with Gasteiger partial charge in [0.15, 0.2) is 0 Å². The maximum Gasteiger partial charge on any atom is 0.0581 e. The van der Waals surface area contributed by atoms with Gasteiger partial charge in [0.1, 0.15) is 0 Å². The lowest BCUT2D eigenvalue weighted by Crippen LogP contribution is -2.24. The molecule has 3 fully saturated rings. The Balaban J connectivity index is 1.91. The van der Waals surface area contributed by atoms with E-state index in [0.29, 0.717) is 6.10 Å². The summed E-state index contributed by atoms with van der Waals surface area (Å²) in [5, 5.41) is 0. The third-order valence-corrected chi connectivity index (χ3v) is 4.25. The molecule has 0 N–H and O–H groups in total. The van der Waals surface area contributed by atoms with E-state index in [4.69, 9.17) is 4.74 Å². The van der Waals surface area contributed by atoms with Gasteiger partial charge in [-0.1, -0.05) is 0 Å². The van der Waals surface area contributed by atoms with Crippen molar-refractivity contribution in [3.05, 3.63) is 0 Å². The summed E-state index contributed by atoms with van der Waals surface area (Å²) in [6.07, 6.45) is 5.11. The van der Waals surface area contributed by atoms with Gasteiger partial charge in [-0.2, -0.15) is 0 Å². The van der Waals surface area contributed by atoms with Crippen LogP contribution >= 0.6 is 0 Å². The molecule has 0 radical (unpaired) electrons. The molecular weight excluding hydrogens is 136 g/mol. The highest BCUT2D eigenvalue weighted by Crippen LogP contribution is 2.56. The van der Waals surface area contributed by atoms with E-state index in [1.54, 1.807) is 0 Å². The molecule has 0 aromatic heterocycles. The number of ether oxygens (including phenoxy) is 1. The van der Waals surface area contributed by atoms with Crippen molar-refractivity contribution in [1.29, 1.82) is 0 Å². The van der Waals surface area contributed by atoms with Crippen LogP contribution in [0, 0.1) is 23.7 Å². The minimum atomic E-state index is 0.579. The molecule has 5 atom stereocenters. The average Bonchev–Trinajstić information content (AvgIpc) is 2.60. The van der Waals surface area contributed by atoms with Gasteiger partial charge < -0.3 is 4.74 Å². The molecule has 0 aromatic carbocycles. The first-order valence-electron chi connectivity index (χ1n) is 4.98. The van der Waals surface area contributed by atoms with Crippen LogP contribution in [0.3, 0.4) is 0 Å². The minimum Gasteiger partial charge on any atom is -0.378 e. The van der Waals surface area contributed by atoms with Crippen molar-refractivity contribution in [3.63, 3.8) is 0 Å². The molecule has 62 valence electrons. The highest BCUT2D eigenvalue weighted by Gasteiger charge is 2.52. The van der Waals surface area contributed by atoms with Gasteiger partial charge in [-0.3, -0.25) is 0 Å². The Kier molecular flexibility index (Phi) is 1.18. The molecule has 3 rings (SSSR count). The van der Waals surface area contributed by atoms with Crippen LogP contribution in [0.2, 0.25) is 0 Å². The van der Waals surface area contributed by atoms with Gasteiger partial charge in [-0.25, -0.2) is 0 Å². The van der Waals surface area contributed by atoms with Crippen molar-refractivity contribution in [2.45, 2.75) is 32.3 Å². The first kappa shape index (κ1) is 6.47. The van der Waals surface area contributed by atoms with Gasteiger partial charge >= 0.3 is 0 Å². The van der Waals surface area contributed by atoms with Gasteiger partial charge in [0.2, 0.25) is 0 Å². The Morgan fingerprint density at radius 1 is 1.18 bits per heavy atom. The summed E-state index contributed by atoms with van der Waals surface area (Å²) in [4.78, 5) is 0. The van der Waals surface area contributed by atoms with Crippen molar-refractivity contribution >= 4 is 0 Å². The van der Waals surface area contributed by atoms with Crippen molar-refractivity contribution in [1.82, 2.24) is 0 Å². The van der Waals surface area contributed by atoms with E-state index in [1.807, 2.05) is 0 Å². The van der Waals surface area contributed by atoms with Crippen LogP contribution in [0.4, 0.5) is 0 Å². The van der Waals surface area contributed by atoms with E-state index in [0.717, 1.165) is 30.3 Å². The summed E-state index contributed by atoms with van der Waals surface area (Å²) in [5.74, 6) is 4.01. The largest absolute Gasteiger partial charge is 0.378 e. The van der Waals surface area contributed by atoms with Crippen LogP contribution in [0.5, 0.6) is 0 Å². The lowest BCUT2D eigenvalue weighted by Gasteiger charge is -2.24. The Morgan fingerprint density at radius 3 is 2.82 bits per heavy atom. The molecular formula is C10H16O. The summed E-state index contributed by atoms with van der Waals surface area (Å²) < 4.78 is 5.70. The SMILES string of the molecule is C[C@@H]1OC[C@H]2[C@@H]3CC[C@@H](C3)[C@H]21. The fraction of sp³-hybridized carbons (Fsp3) is 1.00. The second-order valence-electron chi connectivity index (χ2n) is 4.61. The Hall–Kier alpha value is -0.0400. The van der Waals surface area contributed by atoms with Crippen molar-refractivity contribution in [3.8, 4) is 0 Å². The highest BCUT2D eigenvalue weighted by atomic mass is 16.5. The van der Waals surface area contributed by atoms with Crippen LogP contribution < -0.4 is 0 Å². The summed E-state index contributed by atoms with van der Waals surface area (Å²) >= 11 is 0. The predicted molar refractivity (Wildman–Crippen MR) is 43.2 cm³/mol. The molecule has 1 heterocycles. The second-order valence-corrected chi connectivity index (χ2v) is 4.61. The normalized spacial score (nSPS) is 60.3. The maximum absolute atomic E-state index is 5.70. The van der Waals surface area contributed by atoms with Crippen LogP contribution in [0.25, 0.3) is 0 Å². The van der Waals surface area contributed by atoms with E-state index in [2.05, 4.69) is 6.92 Å². The van der Waals surface area contributed by atoms with Gasteiger partial charge in [0.25, 0.3) is 0 Å². The Morgan fingerprint density at radius 2 is 2.00 bits per heavy atom. The molecule has 0 aromatic rings. The smallest absolute Gasteiger partial charge is 0.0581 e. The van der Waals surface area contributed by atoms with Crippen LogP contribution in [0.15, 0.2) is 0 Å². The van der Waals surface area contributed by atoms with Crippen LogP contribution in [-0.4, -0.2) is 12.7 Å². The van der Waals surface area contributed by atoms with Crippen LogP contribution in [-0.2, 0) is 4.74 Å². The Bertz CT molecular complexity index is 178. The standard InChI is InChI=1S/C10H16O/c1-6-10-8-3-2-7(4-8)9(10)5-11-6/h6-10H,2-5H2,1H3/t6-,7+,8-,9-,10+/m0/s1. The average molecular weight is 152 g/mol. The molecule has 1 nitrogen and oxygen atoms in total. The number of hydrogen-bond acceptors (Lipinski definition) is 1. The van der Waals surface area contributed by atoms with E-state index < -0.39 is 0 Å². The zero-order chi connectivity index (χ0) is 7.42. The molecule has 2 saturated carbocycles. The first-order valence-corrected chi connectivity index (χ1v) is 4.98. The molecule has 0 amide bonds. The summed E-state index contributed by atoms with van der Waals surface area (Å²) in [5.41, 5.74) is 0. The quantitative estimate of drug-likeness (QED) is 0.516. The van der Waals surface area contributed by atoms with E-state index in [-0.39, 0.29) is 0 Å².